The molecule has 82 heavy (non-hydrogen) atoms. The molecule has 5 aliphatic rings. The third-order valence-corrected chi connectivity index (χ3v) is 17.0. The molecular formula is C65H117N5O12. The largest absolute Gasteiger partial charge is 0.481 e. The van der Waals surface area contributed by atoms with Gasteiger partial charge in [-0.25, -0.2) is 0 Å². The number of carboxylic acids is 3. The highest BCUT2D eigenvalue weighted by Crippen LogP contribution is 2.37. The van der Waals surface area contributed by atoms with Gasteiger partial charge in [0.1, 0.15) is 17.3 Å². The highest BCUT2D eigenvalue weighted by Gasteiger charge is 2.45. The normalized spacial score (nSPS) is 22.6. The van der Waals surface area contributed by atoms with Crippen LogP contribution in [-0.4, -0.2) is 123 Å². The topological polar surface area (TPSA) is 281 Å². The number of cyclic esters (lactones) is 2. The van der Waals surface area contributed by atoms with Gasteiger partial charge in [0, 0.05) is 37.0 Å². The van der Waals surface area contributed by atoms with E-state index < -0.39 is 35.7 Å². The van der Waals surface area contributed by atoms with Gasteiger partial charge >= 0.3 is 29.8 Å². The number of terminal acetylenes is 1. The van der Waals surface area contributed by atoms with Crippen molar-refractivity contribution in [3.8, 4) is 12.8 Å². The minimum atomic E-state index is -0.782. The van der Waals surface area contributed by atoms with Crippen LogP contribution in [0.25, 0.3) is 0 Å². The smallest absolute Gasteiger partial charge is 0.317 e. The van der Waals surface area contributed by atoms with Gasteiger partial charge in [-0.1, -0.05) is 122 Å². The lowest BCUT2D eigenvalue weighted by Crippen LogP contribution is -2.32. The summed E-state index contributed by atoms with van der Waals surface area (Å²) in [5.41, 5.74) is 5.33. The average molecular weight is 1160 g/mol. The predicted octanol–water partition coefficient (Wildman–Crippen LogP) is 10.9. The molecule has 0 radical (unpaired) electrons. The fraction of sp³-hybridized carbons (Fsp3) is 0.846. The summed E-state index contributed by atoms with van der Waals surface area (Å²) in [5.74, 6) is -4.49. The van der Waals surface area contributed by atoms with E-state index in [0.717, 1.165) is 155 Å². The number of hydrogen-bond donors (Lipinski definition) is 8. The minimum Gasteiger partial charge on any atom is -0.481 e. The number of carboxylic acid groups (broad SMARTS) is 3. The van der Waals surface area contributed by atoms with Crippen LogP contribution in [0.15, 0.2) is 0 Å². The van der Waals surface area contributed by atoms with Gasteiger partial charge in [0.25, 0.3) is 0 Å². The second kappa shape index (κ2) is 52.5. The molecule has 17 nitrogen and oxygen atoms in total. The quantitative estimate of drug-likeness (QED) is 0.0125. The van der Waals surface area contributed by atoms with Crippen molar-refractivity contribution in [1.29, 1.82) is 0 Å². The highest BCUT2D eigenvalue weighted by atomic mass is 16.6. The fourth-order valence-electron chi connectivity index (χ4n) is 12.1. The Hall–Kier alpha value is -4.08. The van der Waals surface area contributed by atoms with Crippen LogP contribution in [0.2, 0.25) is 0 Å². The molecule has 4 aliphatic carbocycles. The lowest BCUT2D eigenvalue weighted by molar-refractivity contribution is -0.154. The first kappa shape index (κ1) is 77.9. The van der Waals surface area contributed by atoms with Gasteiger partial charge in [0.15, 0.2) is 0 Å². The van der Waals surface area contributed by atoms with E-state index >= 15 is 0 Å². The molecule has 5 rings (SSSR count). The number of unbranched alkanes of at least 4 members (excludes halogenated alkanes) is 15. The summed E-state index contributed by atoms with van der Waals surface area (Å²) < 4.78 is 4.53. The summed E-state index contributed by atoms with van der Waals surface area (Å²) in [4.78, 5) is 92.0. The van der Waals surface area contributed by atoms with Gasteiger partial charge in [-0.3, -0.25) is 38.4 Å². The van der Waals surface area contributed by atoms with Crippen LogP contribution in [0.1, 0.15) is 244 Å². The first-order valence-electron chi connectivity index (χ1n) is 32.3. The van der Waals surface area contributed by atoms with Crippen LogP contribution in [0.5, 0.6) is 0 Å². The third-order valence-electron chi connectivity index (χ3n) is 17.0. The van der Waals surface area contributed by atoms with Gasteiger partial charge in [0.05, 0.1) is 29.6 Å². The molecule has 17 heteroatoms. The Morgan fingerprint density at radius 2 is 0.598 bits per heavy atom. The monoisotopic (exact) mass is 1160 g/mol. The number of Topliss-reactive ketones (excluding diaryl/α,β-unsaturated/α-hetero) is 3. The molecule has 4 saturated carbocycles. The number of rotatable bonds is 36. The minimum absolute atomic E-state index is 0.101. The van der Waals surface area contributed by atoms with Crippen molar-refractivity contribution in [1.82, 2.24) is 21.3 Å². The third kappa shape index (κ3) is 35.9. The summed E-state index contributed by atoms with van der Waals surface area (Å²) >= 11 is 0. The maximum Gasteiger partial charge on any atom is 0.317 e. The van der Waals surface area contributed by atoms with Crippen molar-refractivity contribution >= 4 is 47.2 Å². The van der Waals surface area contributed by atoms with Crippen LogP contribution in [-0.2, 0) is 43.1 Å². The second-order valence-electron chi connectivity index (χ2n) is 23.3. The fourth-order valence-corrected chi connectivity index (χ4v) is 12.1. The summed E-state index contributed by atoms with van der Waals surface area (Å²) in [7, 11) is 7.87. The molecule has 0 aromatic carbocycles. The lowest BCUT2D eigenvalue weighted by atomic mass is 9.76. The number of ether oxygens (including phenoxy) is 1. The molecule has 0 aromatic rings. The maximum atomic E-state index is 12.2. The number of carbonyl (C=O) groups excluding carboxylic acids is 5. The number of hydrogen-bond acceptors (Lipinski definition) is 14. The number of ketones is 3. The Bertz CT molecular complexity index is 1580. The number of nitrogens with one attached hydrogen (secondary N) is 4. The molecule has 0 spiro atoms. The van der Waals surface area contributed by atoms with Crippen LogP contribution >= 0.6 is 0 Å². The standard InChI is InChI=1S/3C16H29NO3.C8H10O3.C7H18N2.C2H2/c3*1-17-12-8-4-2-3-5-11-15(18)13-9-6-7-10-14(13)16(19)20;9-7-5-3-1-2-4-6(5)8(10)11-7;1-9-7-5-3-2-4-6-8;1-2/h3*13-14,17H,2-12H2,1H3,(H,19,20);5-6H,1-4H2;9H,2-8H2,1H3;1-2H/t2*13-,14+;;5-,6+;;/m10..../s1. The number of nitrogens with two attached hydrogens (primary N) is 1. The number of esters is 2. The summed E-state index contributed by atoms with van der Waals surface area (Å²) in [5, 5.41) is 40.1. The molecule has 0 amide bonds. The number of aliphatic carboxylic acids is 3. The Morgan fingerprint density at radius 1 is 0.378 bits per heavy atom. The molecular weight excluding hydrogens is 1040 g/mol. The van der Waals surface area contributed by atoms with E-state index in [9.17, 15) is 53.7 Å². The molecule has 2 unspecified atom stereocenters. The molecule has 9 N–H and O–H groups in total. The Labute approximate surface area is 495 Å². The number of carbonyl (C=O) groups is 8. The molecule has 1 saturated heterocycles. The van der Waals surface area contributed by atoms with Crippen molar-refractivity contribution in [2.24, 2.45) is 53.1 Å². The molecule has 1 heterocycles. The first-order valence-corrected chi connectivity index (χ1v) is 32.3. The Morgan fingerprint density at radius 3 is 0.841 bits per heavy atom. The zero-order chi connectivity index (χ0) is 61.2. The molecule has 8 atom stereocenters. The Balaban J connectivity index is 0.00000102. The van der Waals surface area contributed by atoms with Crippen molar-refractivity contribution < 1.29 is 58.4 Å². The van der Waals surface area contributed by atoms with Gasteiger partial charge in [0.2, 0.25) is 0 Å². The molecule has 0 aromatic heterocycles. The zero-order valence-corrected chi connectivity index (χ0v) is 51.8. The van der Waals surface area contributed by atoms with E-state index in [0.29, 0.717) is 38.5 Å². The zero-order valence-electron chi connectivity index (χ0n) is 51.8. The summed E-state index contributed by atoms with van der Waals surface area (Å²) in [6.07, 6.45) is 45.5. The van der Waals surface area contributed by atoms with Crippen LogP contribution in [0.4, 0.5) is 0 Å². The van der Waals surface area contributed by atoms with Gasteiger partial charge in [-0.15, -0.1) is 12.8 Å². The van der Waals surface area contributed by atoms with E-state index in [4.69, 9.17) is 5.73 Å². The van der Waals surface area contributed by atoms with Gasteiger partial charge in [-0.05, 0) is 164 Å². The van der Waals surface area contributed by atoms with Crippen molar-refractivity contribution in [3.05, 3.63) is 0 Å². The van der Waals surface area contributed by atoms with Crippen LogP contribution in [0.3, 0.4) is 0 Å². The van der Waals surface area contributed by atoms with E-state index in [1.54, 1.807) is 0 Å². The van der Waals surface area contributed by atoms with Crippen LogP contribution < -0.4 is 27.0 Å². The maximum absolute atomic E-state index is 12.2. The first-order chi connectivity index (χ1) is 39.7. The highest BCUT2D eigenvalue weighted by molar-refractivity contribution is 5.96. The van der Waals surface area contributed by atoms with E-state index in [1.165, 1.54) is 83.5 Å². The Kier molecular flexibility index (Phi) is 49.9. The number of fused-ring (bicyclic) bond motifs is 1. The van der Waals surface area contributed by atoms with Crippen LogP contribution in [0, 0.1) is 60.2 Å². The van der Waals surface area contributed by atoms with E-state index in [-0.39, 0.29) is 58.9 Å². The van der Waals surface area contributed by atoms with Crippen molar-refractivity contribution in [2.45, 2.75) is 244 Å². The molecule has 474 valence electrons. The summed E-state index contributed by atoms with van der Waals surface area (Å²) in [6.45, 7) is 5.16. The predicted molar refractivity (Wildman–Crippen MR) is 327 cm³/mol. The van der Waals surface area contributed by atoms with Gasteiger partial charge in [-0.2, -0.15) is 0 Å². The SMILES string of the molecule is C#C.CNCCCCCCCC(=O)C1CCCCC1C(=O)O.CNCCCCCCCC(=O)[C@@H]1CCCC[C@@H]1C(=O)O.CNCCCCCCCC(=O)[C@H]1CCCC[C@H]1C(=O)O.CNCCCCCCN.O=C1OC(=O)[C@@H]2CCCC[C@H]12. The molecule has 5 fully saturated rings. The van der Waals surface area contributed by atoms with E-state index in [1.807, 2.05) is 28.2 Å². The molecule has 1 aliphatic heterocycles. The van der Waals surface area contributed by atoms with Gasteiger partial charge < -0.3 is 47.1 Å². The molecule has 0 bridgehead atoms. The van der Waals surface area contributed by atoms with Crippen molar-refractivity contribution in [2.75, 3.05) is 60.9 Å². The lowest BCUT2D eigenvalue weighted by Gasteiger charge is -2.27. The van der Waals surface area contributed by atoms with E-state index in [2.05, 4.69) is 38.9 Å². The average Bonchev–Trinajstić information content (AvgIpc) is 3.90. The summed E-state index contributed by atoms with van der Waals surface area (Å²) in [6, 6.07) is 0. The van der Waals surface area contributed by atoms with Crippen molar-refractivity contribution in [3.63, 3.8) is 0 Å². The second-order valence-corrected chi connectivity index (χ2v) is 23.3.